The number of carbonyl (C=O) groups excluding carboxylic acids is 2. The van der Waals surface area contributed by atoms with Crippen LogP contribution in [0.4, 0.5) is 5.69 Å². The number of carbonyl (C=O) groups is 2. The Kier molecular flexibility index (Phi) is 6.36. The Morgan fingerprint density at radius 3 is 2.47 bits per heavy atom. The van der Waals surface area contributed by atoms with E-state index in [0.717, 1.165) is 12.8 Å². The van der Waals surface area contributed by atoms with Crippen LogP contribution in [-0.4, -0.2) is 36.6 Å². The molecule has 1 aliphatic carbocycles. The number of anilines is 1. The number of aromatic amines is 1. The highest BCUT2D eigenvalue weighted by Crippen LogP contribution is 2.30. The van der Waals surface area contributed by atoms with Gasteiger partial charge in [-0.1, -0.05) is 18.9 Å². The summed E-state index contributed by atoms with van der Waals surface area (Å²) in [5.41, 5.74) is 2.00. The predicted octanol–water partition coefficient (Wildman–Crippen LogP) is 4.17. The zero-order chi connectivity index (χ0) is 22.1. The predicted molar refractivity (Wildman–Crippen MR) is 115 cm³/mol. The van der Waals surface area contributed by atoms with E-state index in [1.807, 2.05) is 0 Å². The fourth-order valence-electron chi connectivity index (χ4n) is 3.89. The lowest BCUT2D eigenvalue weighted by molar-refractivity contribution is 0.0376. The first-order chi connectivity index (χ1) is 14.1. The number of hydrogen-bond donors (Lipinski definition) is 2. The molecule has 1 aromatic heterocycles. The van der Waals surface area contributed by atoms with Crippen LogP contribution >= 0.6 is 0 Å². The van der Waals surface area contributed by atoms with Crippen LogP contribution in [0.15, 0.2) is 29.2 Å². The molecule has 3 rings (SSSR count). The Morgan fingerprint density at radius 2 is 1.83 bits per heavy atom. The molecule has 1 aromatic carbocycles. The van der Waals surface area contributed by atoms with Gasteiger partial charge in [0.1, 0.15) is 5.69 Å². The van der Waals surface area contributed by atoms with E-state index in [2.05, 4.69) is 10.3 Å². The molecule has 0 radical (unpaired) electrons. The van der Waals surface area contributed by atoms with Crippen molar-refractivity contribution in [3.05, 3.63) is 46.8 Å². The summed E-state index contributed by atoms with van der Waals surface area (Å²) >= 11 is 0. The van der Waals surface area contributed by atoms with Gasteiger partial charge < -0.3 is 15.0 Å². The molecule has 1 saturated carbocycles. The number of aryl methyl sites for hydroxylation is 1. The van der Waals surface area contributed by atoms with Gasteiger partial charge in [-0.05, 0) is 64.3 Å². The lowest BCUT2D eigenvalue weighted by atomic mass is 10.1. The average molecular weight is 433 g/mol. The van der Waals surface area contributed by atoms with Crippen molar-refractivity contribution >= 4 is 27.4 Å². The van der Waals surface area contributed by atoms with Crippen molar-refractivity contribution in [2.75, 3.05) is 5.32 Å². The minimum absolute atomic E-state index is 0.216. The highest BCUT2D eigenvalue weighted by atomic mass is 32.2. The molecule has 2 N–H and O–H groups in total. The van der Waals surface area contributed by atoms with E-state index >= 15 is 0 Å². The molecule has 1 amide bonds. The summed E-state index contributed by atoms with van der Waals surface area (Å²) in [5.74, 6) is -0.936. The second kappa shape index (κ2) is 8.63. The minimum Gasteiger partial charge on any atom is -0.459 e. The van der Waals surface area contributed by atoms with Crippen molar-refractivity contribution in [3.63, 3.8) is 0 Å². The maximum Gasteiger partial charge on any atom is 0.340 e. The van der Waals surface area contributed by atoms with Crippen molar-refractivity contribution in [1.29, 1.82) is 0 Å². The topological polar surface area (TPSA) is 105 Å². The summed E-state index contributed by atoms with van der Waals surface area (Å²) in [6, 6.07) is 6.32. The van der Waals surface area contributed by atoms with Gasteiger partial charge in [-0.2, -0.15) is 0 Å². The first-order valence-corrected chi connectivity index (χ1v) is 11.7. The number of nitrogens with one attached hydrogen (secondary N) is 2. The molecular formula is C22H28N2O5S. The number of ether oxygens (including phenoxy) is 1. The Balaban J connectivity index is 1.83. The molecule has 0 unspecified atom stereocenters. The molecular weight excluding hydrogens is 404 g/mol. The van der Waals surface area contributed by atoms with Gasteiger partial charge in [0.2, 0.25) is 0 Å². The number of rotatable bonds is 6. The van der Waals surface area contributed by atoms with Crippen LogP contribution in [0.3, 0.4) is 0 Å². The van der Waals surface area contributed by atoms with E-state index in [1.165, 1.54) is 6.07 Å². The molecule has 7 nitrogen and oxygen atoms in total. The number of hydrogen-bond acceptors (Lipinski definition) is 5. The molecule has 1 heterocycles. The smallest absolute Gasteiger partial charge is 0.340 e. The number of amides is 1. The van der Waals surface area contributed by atoms with E-state index in [9.17, 15) is 18.0 Å². The van der Waals surface area contributed by atoms with Crippen molar-refractivity contribution < 1.29 is 22.7 Å². The van der Waals surface area contributed by atoms with Crippen LogP contribution in [0.25, 0.3) is 0 Å². The standard InChI is InChI=1S/C22H28N2O5S/c1-13(2)29-22(26)19-14(3)20(23-15(19)4)21(25)24-16-8-7-11-18(12-16)30(27,28)17-9-5-6-10-17/h7-8,11-13,17,23H,5-6,9-10H2,1-4H3,(H,24,25). The van der Waals surface area contributed by atoms with Crippen molar-refractivity contribution in [1.82, 2.24) is 4.98 Å². The van der Waals surface area contributed by atoms with Gasteiger partial charge in [-0.25, -0.2) is 13.2 Å². The largest absolute Gasteiger partial charge is 0.459 e. The van der Waals surface area contributed by atoms with Crippen molar-refractivity contribution in [2.24, 2.45) is 0 Å². The molecule has 2 aromatic rings. The number of esters is 1. The van der Waals surface area contributed by atoms with Gasteiger partial charge in [-0.15, -0.1) is 0 Å². The normalized spacial score (nSPS) is 14.8. The zero-order valence-corrected chi connectivity index (χ0v) is 18.6. The van der Waals surface area contributed by atoms with Crippen molar-refractivity contribution in [2.45, 2.75) is 69.6 Å². The van der Waals surface area contributed by atoms with Crippen LogP contribution in [0.2, 0.25) is 0 Å². The highest BCUT2D eigenvalue weighted by molar-refractivity contribution is 7.92. The maximum absolute atomic E-state index is 12.8. The summed E-state index contributed by atoms with van der Waals surface area (Å²) in [5, 5.41) is 2.38. The second-order valence-electron chi connectivity index (χ2n) is 8.01. The maximum atomic E-state index is 12.8. The lowest BCUT2D eigenvalue weighted by Crippen LogP contribution is -2.19. The SMILES string of the molecule is Cc1[nH]c(C(=O)Nc2cccc(S(=O)(=O)C3CCCC3)c2)c(C)c1C(=O)OC(C)C. The summed E-state index contributed by atoms with van der Waals surface area (Å²) in [4.78, 5) is 28.3. The Labute approximate surface area is 177 Å². The van der Waals surface area contributed by atoms with Crippen LogP contribution in [-0.2, 0) is 14.6 Å². The quantitative estimate of drug-likeness (QED) is 0.667. The molecule has 0 saturated heterocycles. The average Bonchev–Trinajstić information content (AvgIpc) is 3.30. The first kappa shape index (κ1) is 22.1. The molecule has 162 valence electrons. The molecule has 0 atom stereocenters. The summed E-state index contributed by atoms with van der Waals surface area (Å²) in [7, 11) is -3.42. The van der Waals surface area contributed by atoms with E-state index in [1.54, 1.807) is 45.9 Å². The van der Waals surface area contributed by atoms with Crippen LogP contribution in [0.5, 0.6) is 0 Å². The third-order valence-electron chi connectivity index (χ3n) is 5.37. The highest BCUT2D eigenvalue weighted by Gasteiger charge is 2.30. The Bertz CT molecular complexity index is 1060. The van der Waals surface area contributed by atoms with Gasteiger partial charge in [0, 0.05) is 11.4 Å². The van der Waals surface area contributed by atoms with Gasteiger partial charge >= 0.3 is 5.97 Å². The molecule has 0 bridgehead atoms. The summed E-state index contributed by atoms with van der Waals surface area (Å²) in [6.07, 6.45) is 2.93. The van der Waals surface area contributed by atoms with Crippen LogP contribution in [0.1, 0.15) is 71.6 Å². The lowest BCUT2D eigenvalue weighted by Gasteiger charge is -2.12. The number of benzene rings is 1. The Morgan fingerprint density at radius 1 is 1.17 bits per heavy atom. The summed E-state index contributed by atoms with van der Waals surface area (Å²) < 4.78 is 30.9. The monoisotopic (exact) mass is 432 g/mol. The van der Waals surface area contributed by atoms with Crippen LogP contribution in [0, 0.1) is 13.8 Å². The van der Waals surface area contributed by atoms with Gasteiger partial charge in [0.15, 0.2) is 9.84 Å². The molecule has 0 spiro atoms. The Hall–Kier alpha value is -2.61. The van der Waals surface area contributed by atoms with E-state index in [-0.39, 0.29) is 21.9 Å². The molecule has 1 fully saturated rings. The summed E-state index contributed by atoms with van der Waals surface area (Å²) in [6.45, 7) is 6.90. The number of sulfone groups is 1. The van der Waals surface area contributed by atoms with Gasteiger partial charge in [-0.3, -0.25) is 4.79 Å². The minimum atomic E-state index is -3.42. The molecule has 30 heavy (non-hydrogen) atoms. The fourth-order valence-corrected chi connectivity index (χ4v) is 5.79. The van der Waals surface area contributed by atoms with Crippen molar-refractivity contribution in [3.8, 4) is 0 Å². The van der Waals surface area contributed by atoms with Crippen LogP contribution < -0.4 is 5.32 Å². The van der Waals surface area contributed by atoms with Gasteiger partial charge in [0.05, 0.1) is 21.8 Å². The fraction of sp³-hybridized carbons (Fsp3) is 0.455. The number of H-pyrrole nitrogens is 1. The molecule has 8 heteroatoms. The zero-order valence-electron chi connectivity index (χ0n) is 17.7. The van der Waals surface area contributed by atoms with E-state index < -0.39 is 21.7 Å². The third kappa shape index (κ3) is 4.43. The molecule has 0 aliphatic heterocycles. The number of aromatic nitrogens is 1. The third-order valence-corrected chi connectivity index (χ3v) is 7.63. The van der Waals surface area contributed by atoms with Gasteiger partial charge in [0.25, 0.3) is 5.91 Å². The molecule has 1 aliphatic rings. The first-order valence-electron chi connectivity index (χ1n) is 10.2. The van der Waals surface area contributed by atoms with E-state index in [4.69, 9.17) is 4.74 Å². The van der Waals surface area contributed by atoms with E-state index in [0.29, 0.717) is 35.3 Å². The second-order valence-corrected chi connectivity index (χ2v) is 10.2.